The fourth-order valence-corrected chi connectivity index (χ4v) is 5.18. The molecule has 3 rings (SSSR count). The minimum absolute atomic E-state index is 0.0546. The van der Waals surface area contributed by atoms with Crippen molar-refractivity contribution in [1.82, 2.24) is 10.2 Å². The van der Waals surface area contributed by atoms with E-state index in [1.807, 2.05) is 0 Å². The highest BCUT2D eigenvalue weighted by atomic mass is 79.9. The van der Waals surface area contributed by atoms with Crippen LogP contribution in [0.15, 0.2) is 41.6 Å². The van der Waals surface area contributed by atoms with E-state index in [2.05, 4.69) is 21.2 Å². The number of benzene rings is 1. The van der Waals surface area contributed by atoms with Crippen LogP contribution in [0.4, 0.5) is 0 Å². The van der Waals surface area contributed by atoms with Crippen LogP contribution < -0.4 is 5.32 Å². The van der Waals surface area contributed by atoms with Gasteiger partial charge in [0.15, 0.2) is 6.04 Å². The number of hydrogen-bond donors (Lipinski definition) is 2. The molecule has 0 spiro atoms. The number of carbonyl (C=O) groups is 3. The topological polar surface area (TPSA) is 110 Å². The molecule has 2 N–H and O–H groups in total. The Morgan fingerprint density at radius 1 is 1.38 bits per heavy atom. The molecular weight excluding hydrogens is 400 g/mol. The smallest absolute Gasteiger partial charge is 0.352 e. The Hall–Kier alpha value is -1.84. The summed E-state index contributed by atoms with van der Waals surface area (Å²) in [6, 6.07) is 7.35. The lowest BCUT2D eigenvalue weighted by molar-refractivity contribution is -0.149. The van der Waals surface area contributed by atoms with Gasteiger partial charge in [0.2, 0.25) is 5.37 Å². The first-order valence-corrected chi connectivity index (χ1v) is 9.53. The van der Waals surface area contributed by atoms with Crippen molar-refractivity contribution in [2.45, 2.75) is 11.4 Å². The van der Waals surface area contributed by atoms with Crippen LogP contribution in [0.2, 0.25) is 0 Å². The van der Waals surface area contributed by atoms with E-state index < -0.39 is 40.4 Å². The van der Waals surface area contributed by atoms with E-state index in [0.29, 0.717) is 11.1 Å². The highest BCUT2D eigenvalue weighted by Crippen LogP contribution is 2.37. The Balaban J connectivity index is 1.83. The number of amides is 2. The molecule has 3 atom stereocenters. The first-order valence-electron chi connectivity index (χ1n) is 7.03. The van der Waals surface area contributed by atoms with Crippen LogP contribution in [0.3, 0.4) is 0 Å². The quantitative estimate of drug-likeness (QED) is 0.423. The van der Waals surface area contributed by atoms with Gasteiger partial charge in [0.25, 0.3) is 11.8 Å². The molecule has 9 heteroatoms. The van der Waals surface area contributed by atoms with Crippen LogP contribution in [0.25, 0.3) is 0 Å². The lowest BCUT2D eigenvalue weighted by atomic mass is 10.0. The van der Waals surface area contributed by atoms with E-state index in [1.54, 1.807) is 30.3 Å². The SMILES string of the molecule is O=C(O)C1=C(CBr)C[S+]([O-])[C@H]2C(NC(=O)c3ccccc3)C(=O)N12. The molecule has 126 valence electrons. The summed E-state index contributed by atoms with van der Waals surface area (Å²) < 4.78 is 12.4. The summed E-state index contributed by atoms with van der Waals surface area (Å²) in [5, 5.41) is 11.3. The molecule has 2 aliphatic rings. The van der Waals surface area contributed by atoms with Gasteiger partial charge in [-0.2, -0.15) is 0 Å². The molecule has 2 aliphatic heterocycles. The molecule has 2 unspecified atom stereocenters. The Bertz CT molecular complexity index is 739. The highest BCUT2D eigenvalue weighted by molar-refractivity contribution is 9.09. The van der Waals surface area contributed by atoms with Crippen LogP contribution in [0, 0.1) is 0 Å². The minimum Gasteiger partial charge on any atom is -0.614 e. The van der Waals surface area contributed by atoms with Gasteiger partial charge in [0.1, 0.15) is 11.4 Å². The summed E-state index contributed by atoms with van der Waals surface area (Å²) in [6.45, 7) is 0. The summed E-state index contributed by atoms with van der Waals surface area (Å²) in [6.07, 6.45) is 0. The standard InChI is InChI=1S/C15H13BrN2O5S/c16-6-9-7-24(23)14-10(13(20)18(14)11(9)15(21)22)17-12(19)8-4-2-1-3-5-8/h1-5,10,14H,6-7H2,(H,17,19)(H,21,22)/t10?,14-,24?/m0/s1. The second kappa shape index (κ2) is 6.58. The van der Waals surface area contributed by atoms with Gasteiger partial charge in [0, 0.05) is 16.5 Å². The maximum absolute atomic E-state index is 12.4. The first-order chi connectivity index (χ1) is 11.5. The largest absolute Gasteiger partial charge is 0.614 e. The minimum atomic E-state index is -1.48. The molecule has 2 amide bonds. The van der Waals surface area contributed by atoms with Crippen molar-refractivity contribution in [3.05, 3.63) is 47.2 Å². The van der Waals surface area contributed by atoms with E-state index in [1.165, 1.54) is 0 Å². The van der Waals surface area contributed by atoms with Gasteiger partial charge in [-0.3, -0.25) is 14.5 Å². The van der Waals surface area contributed by atoms with Crippen molar-refractivity contribution < 1.29 is 24.0 Å². The van der Waals surface area contributed by atoms with Crippen molar-refractivity contribution in [3.63, 3.8) is 0 Å². The summed E-state index contributed by atoms with van der Waals surface area (Å²) >= 11 is 1.68. The van der Waals surface area contributed by atoms with E-state index in [0.717, 1.165) is 4.90 Å². The first kappa shape index (κ1) is 17.0. The Morgan fingerprint density at radius 3 is 2.62 bits per heavy atom. The predicted molar refractivity (Wildman–Crippen MR) is 89.8 cm³/mol. The van der Waals surface area contributed by atoms with E-state index >= 15 is 0 Å². The predicted octanol–water partition coefficient (Wildman–Crippen LogP) is 0.449. The number of hydrogen-bond acceptors (Lipinski definition) is 4. The fourth-order valence-electron chi connectivity index (χ4n) is 2.77. The highest BCUT2D eigenvalue weighted by Gasteiger charge is 2.60. The van der Waals surface area contributed by atoms with Gasteiger partial charge in [-0.25, -0.2) is 4.79 Å². The third-order valence-electron chi connectivity index (χ3n) is 3.89. The molecule has 1 aromatic carbocycles. The van der Waals surface area contributed by atoms with Crippen LogP contribution in [-0.2, 0) is 20.8 Å². The zero-order chi connectivity index (χ0) is 17.4. The van der Waals surface area contributed by atoms with Crippen molar-refractivity contribution >= 4 is 44.9 Å². The molecule has 2 heterocycles. The molecule has 7 nitrogen and oxygen atoms in total. The van der Waals surface area contributed by atoms with E-state index in [9.17, 15) is 24.0 Å². The third-order valence-corrected chi connectivity index (χ3v) is 6.22. The molecule has 0 radical (unpaired) electrons. The number of carboxylic acid groups (broad SMARTS) is 1. The molecule has 0 aromatic heterocycles. The number of fused-ring (bicyclic) bond motifs is 1. The summed E-state index contributed by atoms with van der Waals surface area (Å²) in [5.74, 6) is -2.21. The summed E-state index contributed by atoms with van der Waals surface area (Å²) in [4.78, 5) is 37.0. The number of nitrogens with zero attached hydrogens (tertiary/aromatic N) is 1. The monoisotopic (exact) mass is 412 g/mol. The van der Waals surface area contributed by atoms with Gasteiger partial charge in [-0.05, 0) is 23.3 Å². The zero-order valence-electron chi connectivity index (χ0n) is 12.3. The van der Waals surface area contributed by atoms with E-state index in [4.69, 9.17) is 0 Å². The van der Waals surface area contributed by atoms with Gasteiger partial charge >= 0.3 is 5.97 Å². The zero-order valence-corrected chi connectivity index (χ0v) is 14.7. The van der Waals surface area contributed by atoms with Crippen molar-refractivity contribution in [3.8, 4) is 0 Å². The number of carbonyl (C=O) groups excluding carboxylic acids is 2. The van der Waals surface area contributed by atoms with Crippen LogP contribution >= 0.6 is 15.9 Å². The van der Waals surface area contributed by atoms with Gasteiger partial charge < -0.3 is 15.0 Å². The fraction of sp³-hybridized carbons (Fsp3) is 0.267. The Labute approximate surface area is 149 Å². The maximum atomic E-state index is 12.4. The van der Waals surface area contributed by atoms with E-state index in [-0.39, 0.29) is 16.8 Å². The number of aliphatic carboxylic acids is 1. The second-order valence-electron chi connectivity index (χ2n) is 5.33. The van der Waals surface area contributed by atoms with Gasteiger partial charge in [-0.15, -0.1) is 0 Å². The molecule has 1 saturated heterocycles. The normalized spacial score (nSPS) is 25.8. The second-order valence-corrected chi connectivity index (χ2v) is 7.43. The maximum Gasteiger partial charge on any atom is 0.352 e. The Kier molecular flexibility index (Phi) is 4.66. The molecule has 1 fully saturated rings. The molecule has 0 bridgehead atoms. The van der Waals surface area contributed by atoms with Crippen molar-refractivity contribution in [2.24, 2.45) is 0 Å². The van der Waals surface area contributed by atoms with Gasteiger partial charge in [0.05, 0.1) is 0 Å². The average molecular weight is 413 g/mol. The summed E-state index contributed by atoms with van der Waals surface area (Å²) in [5.41, 5.74) is 0.630. The number of rotatable bonds is 4. The number of nitrogens with one attached hydrogen (secondary N) is 1. The van der Waals surface area contributed by atoms with Crippen LogP contribution in [-0.4, -0.2) is 54.8 Å². The molecule has 0 saturated carbocycles. The van der Waals surface area contributed by atoms with Crippen LogP contribution in [0.5, 0.6) is 0 Å². The molecular formula is C15H13BrN2O5S. The average Bonchev–Trinajstić information content (AvgIpc) is 2.58. The molecule has 0 aliphatic carbocycles. The van der Waals surface area contributed by atoms with Crippen molar-refractivity contribution in [1.29, 1.82) is 0 Å². The van der Waals surface area contributed by atoms with Gasteiger partial charge in [-0.1, -0.05) is 34.1 Å². The number of halogens is 1. The number of β-lactam (4-membered cyclic amide) rings is 1. The lowest BCUT2D eigenvalue weighted by Gasteiger charge is -2.48. The lowest BCUT2D eigenvalue weighted by Crippen LogP contribution is -2.74. The molecule has 24 heavy (non-hydrogen) atoms. The number of alkyl halides is 1. The Morgan fingerprint density at radius 2 is 2.04 bits per heavy atom. The number of carboxylic acids is 1. The summed E-state index contributed by atoms with van der Waals surface area (Å²) in [7, 11) is 0. The molecule has 1 aromatic rings. The van der Waals surface area contributed by atoms with Crippen LogP contribution in [0.1, 0.15) is 10.4 Å². The third kappa shape index (κ3) is 2.72. The van der Waals surface area contributed by atoms with Crippen molar-refractivity contribution in [2.75, 3.05) is 11.1 Å².